The summed E-state index contributed by atoms with van der Waals surface area (Å²) in [6, 6.07) is 9.67. The van der Waals surface area contributed by atoms with Crippen LogP contribution in [0.5, 0.6) is 0 Å². The lowest BCUT2D eigenvalue weighted by Crippen LogP contribution is -2.29. The Morgan fingerprint density at radius 3 is 3.05 bits per heavy atom. The molecule has 0 saturated carbocycles. The Balaban J connectivity index is 1.90. The van der Waals surface area contributed by atoms with Crippen molar-refractivity contribution in [2.75, 3.05) is 6.54 Å². The molecule has 7 nitrogen and oxygen atoms in total. The molecule has 1 amide bonds. The fraction of sp³-hybridized carbons (Fsp3) is 0.143. The molecule has 3 aromatic rings. The summed E-state index contributed by atoms with van der Waals surface area (Å²) in [6.07, 6.45) is 3.53. The minimum Gasteiger partial charge on any atom is -0.349 e. The average Bonchev–Trinajstić information content (AvgIpc) is 3.00. The maximum absolute atomic E-state index is 11.1. The van der Waals surface area contributed by atoms with E-state index in [4.69, 9.17) is 5.73 Å². The van der Waals surface area contributed by atoms with E-state index >= 15 is 0 Å². The molecule has 0 radical (unpaired) electrons. The van der Waals surface area contributed by atoms with Crippen LogP contribution in [-0.2, 0) is 11.3 Å². The van der Waals surface area contributed by atoms with Crippen LogP contribution in [0.25, 0.3) is 16.6 Å². The smallest absolute Gasteiger partial charge is 0.234 e. The van der Waals surface area contributed by atoms with Crippen LogP contribution in [0.15, 0.2) is 42.7 Å². The second-order valence-corrected chi connectivity index (χ2v) is 4.48. The number of nitrogens with zero attached hydrogens (tertiary/aromatic N) is 4. The van der Waals surface area contributed by atoms with Crippen molar-refractivity contribution in [1.82, 2.24) is 25.3 Å². The normalized spacial score (nSPS) is 10.7. The standard InChI is InChI=1S/C14H14N6O/c15-7-14(21)17-8-10-9-20(19-18-10)13-5-1-4-12-11(13)3-2-6-16-12/h1-6,9H,7-8,15H2,(H,17,21). The molecule has 0 aliphatic rings. The van der Waals surface area contributed by atoms with E-state index in [9.17, 15) is 4.79 Å². The SMILES string of the molecule is NCC(=O)NCc1cn(-c2cccc3ncccc23)nn1. The fourth-order valence-electron chi connectivity index (χ4n) is 2.05. The molecule has 0 unspecified atom stereocenters. The van der Waals surface area contributed by atoms with Crippen molar-refractivity contribution in [2.45, 2.75) is 6.54 Å². The summed E-state index contributed by atoms with van der Waals surface area (Å²) in [7, 11) is 0. The molecule has 3 rings (SSSR count). The van der Waals surface area contributed by atoms with Gasteiger partial charge in [0.25, 0.3) is 0 Å². The summed E-state index contributed by atoms with van der Waals surface area (Å²) in [5.41, 5.74) is 7.68. The molecule has 2 aromatic heterocycles. The van der Waals surface area contributed by atoms with E-state index in [0.717, 1.165) is 16.6 Å². The number of hydrogen-bond acceptors (Lipinski definition) is 5. The van der Waals surface area contributed by atoms with E-state index in [0.29, 0.717) is 12.2 Å². The summed E-state index contributed by atoms with van der Waals surface area (Å²) in [4.78, 5) is 15.4. The number of hydrogen-bond donors (Lipinski definition) is 2. The van der Waals surface area contributed by atoms with Gasteiger partial charge in [-0.3, -0.25) is 9.78 Å². The van der Waals surface area contributed by atoms with Crippen LogP contribution >= 0.6 is 0 Å². The van der Waals surface area contributed by atoms with Crippen molar-refractivity contribution >= 4 is 16.8 Å². The molecule has 106 valence electrons. The average molecular weight is 282 g/mol. The third-order valence-corrected chi connectivity index (χ3v) is 3.06. The Morgan fingerprint density at radius 1 is 1.29 bits per heavy atom. The minimum atomic E-state index is -0.223. The second-order valence-electron chi connectivity index (χ2n) is 4.48. The number of carbonyl (C=O) groups is 1. The van der Waals surface area contributed by atoms with Crippen LogP contribution < -0.4 is 11.1 Å². The van der Waals surface area contributed by atoms with Gasteiger partial charge in [-0.15, -0.1) is 5.10 Å². The highest BCUT2D eigenvalue weighted by molar-refractivity contribution is 5.86. The first-order valence-corrected chi connectivity index (χ1v) is 6.50. The summed E-state index contributed by atoms with van der Waals surface area (Å²) in [6.45, 7) is 0.266. The zero-order valence-electron chi connectivity index (χ0n) is 11.2. The van der Waals surface area contributed by atoms with Crippen LogP contribution in [0, 0.1) is 0 Å². The lowest BCUT2D eigenvalue weighted by atomic mass is 10.2. The molecule has 0 saturated heterocycles. The first-order chi connectivity index (χ1) is 10.3. The maximum atomic E-state index is 11.1. The highest BCUT2D eigenvalue weighted by Crippen LogP contribution is 2.19. The summed E-state index contributed by atoms with van der Waals surface area (Å²) in [5.74, 6) is -0.223. The van der Waals surface area contributed by atoms with Crippen LogP contribution in [0.2, 0.25) is 0 Å². The molecule has 2 heterocycles. The van der Waals surface area contributed by atoms with Crippen LogP contribution in [0.3, 0.4) is 0 Å². The Labute approximate surface area is 120 Å². The molecule has 0 spiro atoms. The number of amides is 1. The van der Waals surface area contributed by atoms with Gasteiger partial charge in [0.2, 0.25) is 5.91 Å². The number of nitrogens with one attached hydrogen (secondary N) is 1. The Kier molecular flexibility index (Phi) is 3.57. The second kappa shape index (κ2) is 5.68. The van der Waals surface area contributed by atoms with Crippen molar-refractivity contribution in [3.8, 4) is 5.69 Å². The Morgan fingerprint density at radius 2 is 2.19 bits per heavy atom. The topological polar surface area (TPSA) is 98.7 Å². The monoisotopic (exact) mass is 282 g/mol. The van der Waals surface area contributed by atoms with Crippen molar-refractivity contribution in [3.05, 3.63) is 48.4 Å². The van der Waals surface area contributed by atoms with E-state index in [1.165, 1.54) is 0 Å². The molecular weight excluding hydrogens is 268 g/mol. The lowest BCUT2D eigenvalue weighted by Gasteiger charge is -2.04. The van der Waals surface area contributed by atoms with Crippen LogP contribution in [0.4, 0.5) is 0 Å². The van der Waals surface area contributed by atoms with Gasteiger partial charge >= 0.3 is 0 Å². The quantitative estimate of drug-likeness (QED) is 0.721. The van der Waals surface area contributed by atoms with Gasteiger partial charge in [-0.25, -0.2) is 4.68 Å². The van der Waals surface area contributed by atoms with E-state index < -0.39 is 0 Å². The van der Waals surface area contributed by atoms with Gasteiger partial charge in [-0.2, -0.15) is 0 Å². The molecule has 7 heteroatoms. The predicted octanol–water partition coefficient (Wildman–Crippen LogP) is 0.390. The van der Waals surface area contributed by atoms with Crippen molar-refractivity contribution < 1.29 is 4.79 Å². The van der Waals surface area contributed by atoms with Crippen LogP contribution in [-0.4, -0.2) is 32.4 Å². The van der Waals surface area contributed by atoms with Gasteiger partial charge in [-0.1, -0.05) is 11.3 Å². The molecule has 0 atom stereocenters. The van der Waals surface area contributed by atoms with Crippen molar-refractivity contribution in [3.63, 3.8) is 0 Å². The third kappa shape index (κ3) is 2.72. The fourth-order valence-corrected chi connectivity index (χ4v) is 2.05. The van der Waals surface area contributed by atoms with Gasteiger partial charge in [0, 0.05) is 11.6 Å². The zero-order valence-corrected chi connectivity index (χ0v) is 11.2. The van der Waals surface area contributed by atoms with Crippen molar-refractivity contribution in [1.29, 1.82) is 0 Å². The maximum Gasteiger partial charge on any atom is 0.234 e. The molecular formula is C14H14N6O. The Hall–Kier alpha value is -2.80. The largest absolute Gasteiger partial charge is 0.349 e. The lowest BCUT2D eigenvalue weighted by molar-refractivity contribution is -0.119. The molecule has 3 N–H and O–H groups in total. The number of aromatic nitrogens is 4. The van der Waals surface area contributed by atoms with Crippen LogP contribution in [0.1, 0.15) is 5.69 Å². The van der Waals surface area contributed by atoms with E-state index in [2.05, 4.69) is 20.6 Å². The molecule has 1 aromatic carbocycles. The number of carbonyl (C=O) groups excluding carboxylic acids is 1. The number of pyridine rings is 1. The van der Waals surface area contributed by atoms with Gasteiger partial charge < -0.3 is 11.1 Å². The van der Waals surface area contributed by atoms with Gasteiger partial charge in [0.15, 0.2) is 0 Å². The molecule has 0 aliphatic carbocycles. The first kappa shape index (κ1) is 13.2. The number of fused-ring (bicyclic) bond motifs is 1. The third-order valence-electron chi connectivity index (χ3n) is 3.06. The highest BCUT2D eigenvalue weighted by atomic mass is 16.1. The molecule has 0 aliphatic heterocycles. The predicted molar refractivity (Wildman–Crippen MR) is 77.6 cm³/mol. The minimum absolute atomic E-state index is 0.0386. The van der Waals surface area contributed by atoms with E-state index in [-0.39, 0.29) is 12.5 Å². The summed E-state index contributed by atoms with van der Waals surface area (Å²) >= 11 is 0. The van der Waals surface area contributed by atoms with E-state index in [1.54, 1.807) is 17.1 Å². The van der Waals surface area contributed by atoms with E-state index in [1.807, 2.05) is 30.3 Å². The number of benzene rings is 1. The van der Waals surface area contributed by atoms with Gasteiger partial charge in [0.1, 0.15) is 5.69 Å². The molecule has 0 bridgehead atoms. The summed E-state index contributed by atoms with van der Waals surface area (Å²) < 4.78 is 1.67. The van der Waals surface area contributed by atoms with Crippen molar-refractivity contribution in [2.24, 2.45) is 5.73 Å². The highest BCUT2D eigenvalue weighted by Gasteiger charge is 2.07. The zero-order chi connectivity index (χ0) is 14.7. The number of rotatable bonds is 4. The summed E-state index contributed by atoms with van der Waals surface area (Å²) in [5, 5.41) is 11.8. The first-order valence-electron chi connectivity index (χ1n) is 6.50. The molecule has 0 fully saturated rings. The van der Waals surface area contributed by atoms with Gasteiger partial charge in [0.05, 0.1) is 30.5 Å². The number of nitrogens with two attached hydrogens (primary N) is 1. The Bertz CT molecular complexity index is 776. The van der Waals surface area contributed by atoms with Gasteiger partial charge in [-0.05, 0) is 24.3 Å². The molecule has 21 heavy (non-hydrogen) atoms.